The van der Waals surface area contributed by atoms with Crippen molar-refractivity contribution in [3.63, 3.8) is 0 Å². The molecule has 146 valence electrons. The summed E-state index contributed by atoms with van der Waals surface area (Å²) >= 11 is 0. The topological polar surface area (TPSA) is 70.2 Å². The molecule has 0 aliphatic carbocycles. The number of rotatable bonds is 6. The van der Waals surface area contributed by atoms with Gasteiger partial charge < -0.3 is 9.15 Å². The minimum Gasteiger partial charge on any atom is -0.452 e. The summed E-state index contributed by atoms with van der Waals surface area (Å²) in [7, 11) is 0. The maximum absolute atomic E-state index is 13.2. The molecule has 0 aliphatic heterocycles. The van der Waals surface area contributed by atoms with Crippen molar-refractivity contribution in [2.45, 2.75) is 20.0 Å². The lowest BCUT2D eigenvalue weighted by Crippen LogP contribution is -2.09. The molecule has 0 fully saturated rings. The molecule has 0 unspecified atom stereocenters. The Hall–Kier alpha value is -3.74. The fraction of sp³-hybridized carbons (Fsp3) is 0.136. The Balaban J connectivity index is 1.48. The summed E-state index contributed by atoms with van der Waals surface area (Å²) in [6.45, 7) is 1.82. The average molecular weight is 391 g/mol. The highest BCUT2D eigenvalue weighted by Crippen LogP contribution is 2.21. The van der Waals surface area contributed by atoms with Crippen LogP contribution in [-0.2, 0) is 17.8 Å². The van der Waals surface area contributed by atoms with E-state index < -0.39 is 5.97 Å². The van der Waals surface area contributed by atoms with Crippen molar-refractivity contribution in [3.8, 4) is 17.0 Å². The van der Waals surface area contributed by atoms with Crippen LogP contribution in [-0.4, -0.2) is 20.7 Å². The Morgan fingerprint density at radius 1 is 1.10 bits per heavy atom. The maximum atomic E-state index is 13.2. The Morgan fingerprint density at radius 3 is 2.59 bits per heavy atom. The monoisotopic (exact) mass is 391 g/mol. The highest BCUT2D eigenvalue weighted by Gasteiger charge is 2.19. The van der Waals surface area contributed by atoms with Gasteiger partial charge in [-0.05, 0) is 30.7 Å². The van der Waals surface area contributed by atoms with E-state index in [9.17, 15) is 9.18 Å². The van der Waals surface area contributed by atoms with Crippen molar-refractivity contribution >= 4 is 5.97 Å². The fourth-order valence-corrected chi connectivity index (χ4v) is 3.01. The molecule has 0 saturated heterocycles. The zero-order chi connectivity index (χ0) is 20.2. The van der Waals surface area contributed by atoms with Gasteiger partial charge >= 0.3 is 5.97 Å². The predicted molar refractivity (Wildman–Crippen MR) is 104 cm³/mol. The summed E-state index contributed by atoms with van der Waals surface area (Å²) in [5.74, 6) is 0.0604. The van der Waals surface area contributed by atoms with Crippen molar-refractivity contribution in [3.05, 3.63) is 90.0 Å². The third kappa shape index (κ3) is 3.94. The van der Waals surface area contributed by atoms with E-state index in [-0.39, 0.29) is 12.4 Å². The summed E-state index contributed by atoms with van der Waals surface area (Å²) < 4.78 is 25.8. The van der Waals surface area contributed by atoms with Gasteiger partial charge in [-0.15, -0.1) is 0 Å². The Bertz CT molecular complexity index is 1120. The number of carbonyl (C=O) groups is 1. The molecule has 0 atom stereocenters. The van der Waals surface area contributed by atoms with Crippen LogP contribution in [0.25, 0.3) is 17.0 Å². The van der Waals surface area contributed by atoms with Crippen LogP contribution in [0.1, 0.15) is 28.9 Å². The van der Waals surface area contributed by atoms with Crippen LogP contribution in [0.5, 0.6) is 0 Å². The lowest BCUT2D eigenvalue weighted by molar-refractivity contribution is 0.0437. The van der Waals surface area contributed by atoms with E-state index >= 15 is 0 Å². The number of hydrogen-bond donors (Lipinski definition) is 0. The van der Waals surface area contributed by atoms with E-state index in [0.29, 0.717) is 35.0 Å². The normalized spacial score (nSPS) is 10.8. The number of carbonyl (C=O) groups excluding carboxylic acids is 1. The SMILES string of the molecule is CCc1c(C(=O)OCc2ncc(-c3ccccc3)o2)cnn1-c1ccc(F)cc1. The summed E-state index contributed by atoms with van der Waals surface area (Å²) in [5, 5.41) is 4.26. The number of ether oxygens (including phenoxy) is 1. The summed E-state index contributed by atoms with van der Waals surface area (Å²) in [6.07, 6.45) is 3.61. The second kappa shape index (κ2) is 8.10. The molecule has 0 N–H and O–H groups in total. The third-order valence-electron chi connectivity index (χ3n) is 4.43. The van der Waals surface area contributed by atoms with E-state index in [2.05, 4.69) is 10.1 Å². The van der Waals surface area contributed by atoms with Crippen molar-refractivity contribution in [1.82, 2.24) is 14.8 Å². The first-order valence-corrected chi connectivity index (χ1v) is 9.15. The number of hydrogen-bond acceptors (Lipinski definition) is 5. The number of oxazole rings is 1. The van der Waals surface area contributed by atoms with Gasteiger partial charge in [0.1, 0.15) is 11.4 Å². The first-order chi connectivity index (χ1) is 14.2. The molecule has 2 aromatic carbocycles. The fourth-order valence-electron chi connectivity index (χ4n) is 3.01. The molecule has 0 saturated carbocycles. The average Bonchev–Trinajstić information content (AvgIpc) is 3.40. The zero-order valence-electron chi connectivity index (χ0n) is 15.7. The van der Waals surface area contributed by atoms with E-state index in [4.69, 9.17) is 9.15 Å². The highest BCUT2D eigenvalue weighted by molar-refractivity contribution is 5.90. The third-order valence-corrected chi connectivity index (χ3v) is 4.43. The largest absolute Gasteiger partial charge is 0.452 e. The second-order valence-electron chi connectivity index (χ2n) is 6.31. The van der Waals surface area contributed by atoms with Gasteiger partial charge in [0.05, 0.1) is 23.8 Å². The van der Waals surface area contributed by atoms with Crippen LogP contribution in [0.15, 0.2) is 71.4 Å². The first kappa shape index (κ1) is 18.6. The van der Waals surface area contributed by atoms with Crippen LogP contribution in [0.4, 0.5) is 4.39 Å². The molecular formula is C22H18FN3O3. The summed E-state index contributed by atoms with van der Waals surface area (Å²) in [5.41, 5.74) is 2.60. The molecule has 2 aromatic heterocycles. The summed E-state index contributed by atoms with van der Waals surface area (Å²) in [4.78, 5) is 16.7. The van der Waals surface area contributed by atoms with E-state index in [1.165, 1.54) is 18.3 Å². The number of halogens is 1. The molecule has 29 heavy (non-hydrogen) atoms. The minimum absolute atomic E-state index is 0.0868. The van der Waals surface area contributed by atoms with Crippen LogP contribution in [0.3, 0.4) is 0 Å². The minimum atomic E-state index is -0.519. The van der Waals surface area contributed by atoms with Gasteiger partial charge in [-0.25, -0.2) is 18.9 Å². The lowest BCUT2D eigenvalue weighted by atomic mass is 10.2. The molecule has 7 heteroatoms. The van der Waals surface area contributed by atoms with Gasteiger partial charge in [0, 0.05) is 5.56 Å². The second-order valence-corrected chi connectivity index (χ2v) is 6.31. The maximum Gasteiger partial charge on any atom is 0.342 e. The molecule has 0 radical (unpaired) electrons. The van der Waals surface area contributed by atoms with E-state index in [0.717, 1.165) is 5.56 Å². The molecular weight excluding hydrogens is 373 g/mol. The molecule has 0 spiro atoms. The first-order valence-electron chi connectivity index (χ1n) is 9.15. The predicted octanol–water partition coefficient (Wildman–Crippen LogP) is 4.59. The Kier molecular flexibility index (Phi) is 5.20. The van der Waals surface area contributed by atoms with Crippen molar-refractivity contribution in [1.29, 1.82) is 0 Å². The molecule has 2 heterocycles. The van der Waals surface area contributed by atoms with Crippen LogP contribution in [0.2, 0.25) is 0 Å². The van der Waals surface area contributed by atoms with Crippen molar-refractivity contribution < 1.29 is 18.3 Å². The van der Waals surface area contributed by atoms with E-state index in [1.807, 2.05) is 37.3 Å². The van der Waals surface area contributed by atoms with Crippen molar-refractivity contribution in [2.24, 2.45) is 0 Å². The van der Waals surface area contributed by atoms with Gasteiger partial charge in [-0.1, -0.05) is 37.3 Å². The molecule has 0 aliphatic rings. The molecule has 4 rings (SSSR count). The van der Waals surface area contributed by atoms with Crippen LogP contribution in [0, 0.1) is 5.82 Å². The summed E-state index contributed by atoms with van der Waals surface area (Å²) in [6, 6.07) is 15.5. The molecule has 4 aromatic rings. The van der Waals surface area contributed by atoms with Crippen molar-refractivity contribution in [2.75, 3.05) is 0 Å². The van der Waals surface area contributed by atoms with Gasteiger partial charge in [0.25, 0.3) is 0 Å². The van der Waals surface area contributed by atoms with Gasteiger partial charge in [-0.3, -0.25) is 0 Å². The van der Waals surface area contributed by atoms with Crippen LogP contribution >= 0.6 is 0 Å². The number of esters is 1. The van der Waals surface area contributed by atoms with Crippen LogP contribution < -0.4 is 0 Å². The molecule has 0 bridgehead atoms. The number of nitrogens with zero attached hydrogens (tertiary/aromatic N) is 3. The van der Waals surface area contributed by atoms with Gasteiger partial charge in [-0.2, -0.15) is 5.10 Å². The van der Waals surface area contributed by atoms with Gasteiger partial charge in [0.15, 0.2) is 12.4 Å². The van der Waals surface area contributed by atoms with Gasteiger partial charge in [0.2, 0.25) is 5.89 Å². The Morgan fingerprint density at radius 2 is 1.86 bits per heavy atom. The smallest absolute Gasteiger partial charge is 0.342 e. The zero-order valence-corrected chi connectivity index (χ0v) is 15.7. The molecule has 6 nitrogen and oxygen atoms in total. The highest BCUT2D eigenvalue weighted by atomic mass is 19.1. The Labute approximate surface area is 166 Å². The van der Waals surface area contributed by atoms with E-state index in [1.54, 1.807) is 23.0 Å². The quantitative estimate of drug-likeness (QED) is 0.450. The number of benzene rings is 2. The number of aromatic nitrogens is 3. The lowest BCUT2D eigenvalue weighted by Gasteiger charge is -2.07. The molecule has 0 amide bonds. The standard InChI is InChI=1S/C22H18FN3O3/c1-2-19-18(12-25-26(19)17-10-8-16(23)9-11-17)22(27)28-14-21-24-13-20(29-21)15-6-4-3-5-7-15/h3-13H,2,14H2,1H3.